The van der Waals surface area contributed by atoms with Gasteiger partial charge in [0.15, 0.2) is 0 Å². The molecule has 0 bridgehead atoms. The monoisotopic (exact) mass is 292 g/mol. The number of rotatable bonds is 3. The van der Waals surface area contributed by atoms with Gasteiger partial charge in [0.25, 0.3) is 0 Å². The summed E-state index contributed by atoms with van der Waals surface area (Å²) in [6.45, 7) is 16.1. The molecule has 0 aromatic carbocycles. The van der Waals surface area contributed by atoms with E-state index in [-0.39, 0.29) is 10.8 Å². The molecule has 0 aromatic rings. The molecule has 2 saturated carbocycles. The van der Waals surface area contributed by atoms with Gasteiger partial charge in [-0.1, -0.05) is 51.7 Å². The number of fused-ring (bicyclic) bond motifs is 1. The molecule has 0 heterocycles. The van der Waals surface area contributed by atoms with E-state index < -0.39 is 8.07 Å². The van der Waals surface area contributed by atoms with Crippen molar-refractivity contribution in [2.24, 2.45) is 22.7 Å². The van der Waals surface area contributed by atoms with E-state index in [1.807, 2.05) is 0 Å². The Bertz CT molecular complexity index is 441. The van der Waals surface area contributed by atoms with E-state index in [0.717, 1.165) is 12.8 Å². The minimum atomic E-state index is -1.32. The van der Waals surface area contributed by atoms with Crippen LogP contribution in [0, 0.1) is 22.7 Å². The molecule has 2 heteroatoms. The molecule has 3 atom stereocenters. The van der Waals surface area contributed by atoms with Crippen LogP contribution in [0.4, 0.5) is 0 Å². The fraction of sp³-hybridized carbons (Fsp3) is 0.833. The summed E-state index contributed by atoms with van der Waals surface area (Å²) in [6, 6.07) is 0. The molecule has 0 N–H and O–H groups in total. The Balaban J connectivity index is 2.42. The summed E-state index contributed by atoms with van der Waals surface area (Å²) in [5.41, 5.74) is -0.136. The summed E-state index contributed by atoms with van der Waals surface area (Å²) in [4.78, 5) is 13.2. The van der Waals surface area contributed by atoms with Crippen LogP contribution in [0.3, 0.4) is 0 Å². The number of hydrogen-bond donors (Lipinski definition) is 0. The van der Waals surface area contributed by atoms with Crippen molar-refractivity contribution in [1.82, 2.24) is 0 Å². The van der Waals surface area contributed by atoms with Crippen LogP contribution in [0.5, 0.6) is 0 Å². The first-order valence-corrected chi connectivity index (χ1v) is 11.8. The number of carbonyl (C=O) groups excluding carboxylic acids is 1. The zero-order valence-electron chi connectivity index (χ0n) is 14.5. The predicted molar refractivity (Wildman–Crippen MR) is 89.4 cm³/mol. The quantitative estimate of drug-likeness (QED) is 0.651. The van der Waals surface area contributed by atoms with E-state index in [0.29, 0.717) is 17.6 Å². The van der Waals surface area contributed by atoms with Crippen molar-refractivity contribution in [2.45, 2.75) is 73.0 Å². The van der Waals surface area contributed by atoms with Gasteiger partial charge in [0.05, 0.1) is 8.07 Å². The van der Waals surface area contributed by atoms with E-state index in [1.165, 1.54) is 12.8 Å². The van der Waals surface area contributed by atoms with Crippen LogP contribution in [0.25, 0.3) is 0 Å². The molecule has 0 radical (unpaired) electrons. The second-order valence-electron chi connectivity index (χ2n) is 8.87. The van der Waals surface area contributed by atoms with Gasteiger partial charge >= 0.3 is 0 Å². The number of ketones is 1. The molecule has 2 rings (SSSR count). The molecule has 0 unspecified atom stereocenters. The van der Waals surface area contributed by atoms with Crippen molar-refractivity contribution in [3.05, 3.63) is 11.3 Å². The van der Waals surface area contributed by atoms with E-state index in [1.54, 1.807) is 5.20 Å². The molecule has 2 fully saturated rings. The molecule has 0 aliphatic heterocycles. The highest BCUT2D eigenvalue weighted by Gasteiger charge is 2.62. The first-order valence-electron chi connectivity index (χ1n) is 8.26. The Morgan fingerprint density at radius 2 is 1.90 bits per heavy atom. The maximum absolute atomic E-state index is 13.2. The van der Waals surface area contributed by atoms with Crippen molar-refractivity contribution < 1.29 is 4.79 Å². The van der Waals surface area contributed by atoms with Crippen molar-refractivity contribution in [2.75, 3.05) is 0 Å². The van der Waals surface area contributed by atoms with Gasteiger partial charge in [-0.3, -0.25) is 4.79 Å². The van der Waals surface area contributed by atoms with Gasteiger partial charge in [0, 0.05) is 10.8 Å². The fourth-order valence-corrected chi connectivity index (χ4v) is 6.60. The zero-order chi connectivity index (χ0) is 15.3. The van der Waals surface area contributed by atoms with E-state index >= 15 is 0 Å². The molecule has 0 saturated heterocycles. The molecule has 114 valence electrons. The molecule has 0 spiro atoms. The van der Waals surface area contributed by atoms with E-state index in [9.17, 15) is 4.79 Å². The summed E-state index contributed by atoms with van der Waals surface area (Å²) in [6.07, 6.45) is 6.99. The normalized spacial score (nSPS) is 37.4. The Morgan fingerprint density at radius 1 is 1.30 bits per heavy atom. The van der Waals surface area contributed by atoms with Gasteiger partial charge in [-0.15, -0.1) is 0 Å². The van der Waals surface area contributed by atoms with E-state index in [4.69, 9.17) is 0 Å². The smallest absolute Gasteiger partial charge is 0.145 e. The molecule has 2 aliphatic carbocycles. The summed E-state index contributed by atoms with van der Waals surface area (Å²) in [5.74, 6) is 1.76. The summed E-state index contributed by atoms with van der Waals surface area (Å²) in [5, 5.41) is 1.60. The third kappa shape index (κ3) is 2.24. The Kier molecular flexibility index (Phi) is 3.86. The Morgan fingerprint density at radius 3 is 2.40 bits per heavy atom. The van der Waals surface area contributed by atoms with Crippen LogP contribution in [0.15, 0.2) is 11.3 Å². The topological polar surface area (TPSA) is 17.1 Å². The molecule has 1 nitrogen and oxygen atoms in total. The predicted octanol–water partition coefficient (Wildman–Crippen LogP) is 5.23. The average molecular weight is 293 g/mol. The minimum absolute atomic E-state index is 0.0361. The molecule has 20 heavy (non-hydrogen) atoms. The van der Waals surface area contributed by atoms with Gasteiger partial charge in [-0.25, -0.2) is 0 Å². The van der Waals surface area contributed by atoms with Crippen molar-refractivity contribution in [1.29, 1.82) is 0 Å². The lowest BCUT2D eigenvalue weighted by Gasteiger charge is -2.37. The average Bonchev–Trinajstić information content (AvgIpc) is 2.71. The first kappa shape index (κ1) is 16.0. The van der Waals surface area contributed by atoms with Gasteiger partial charge in [-0.2, -0.15) is 0 Å². The van der Waals surface area contributed by atoms with Crippen LogP contribution >= 0.6 is 0 Å². The number of carbonyl (C=O) groups is 1. The number of hydrogen-bond acceptors (Lipinski definition) is 1. The van der Waals surface area contributed by atoms with Crippen LogP contribution < -0.4 is 0 Å². The second kappa shape index (κ2) is 4.83. The highest BCUT2D eigenvalue weighted by atomic mass is 28.3. The van der Waals surface area contributed by atoms with Crippen LogP contribution in [-0.2, 0) is 4.79 Å². The fourth-order valence-electron chi connectivity index (χ4n) is 4.91. The largest absolute Gasteiger partial charge is 0.298 e. The van der Waals surface area contributed by atoms with Gasteiger partial charge < -0.3 is 0 Å². The van der Waals surface area contributed by atoms with E-state index in [2.05, 4.69) is 53.4 Å². The summed E-state index contributed by atoms with van der Waals surface area (Å²) < 4.78 is 0. The van der Waals surface area contributed by atoms with Gasteiger partial charge in [-0.05, 0) is 44.4 Å². The third-order valence-electron chi connectivity index (χ3n) is 6.14. The van der Waals surface area contributed by atoms with Crippen LogP contribution in [0.1, 0.15) is 53.4 Å². The Labute approximate surface area is 126 Å². The lowest BCUT2D eigenvalue weighted by molar-refractivity contribution is -0.134. The number of Topliss-reactive ketones (excluding diaryl/α,β-unsaturated/α-hetero) is 1. The van der Waals surface area contributed by atoms with Crippen LogP contribution in [-0.4, -0.2) is 13.9 Å². The van der Waals surface area contributed by atoms with Crippen molar-refractivity contribution in [3.63, 3.8) is 0 Å². The molecular weight excluding hydrogens is 260 g/mol. The Hall–Kier alpha value is -0.373. The van der Waals surface area contributed by atoms with Gasteiger partial charge in [0.2, 0.25) is 0 Å². The summed E-state index contributed by atoms with van der Waals surface area (Å²) in [7, 11) is -1.32. The standard InChI is InChI=1S/C18H32OSi/c1-8-15(20(5,6)7)12-18-13(2)9-10-14(18)11-17(3,4)16(18)19/h8,13-14H,9-12H2,1-7H3/b15-8+/t13-,14-,18-/m0/s1. The van der Waals surface area contributed by atoms with Gasteiger partial charge in [0.1, 0.15) is 5.78 Å². The number of allylic oxidation sites excluding steroid dienone is 2. The third-order valence-corrected chi connectivity index (χ3v) is 8.54. The molecule has 2 aliphatic rings. The highest BCUT2D eigenvalue weighted by Crippen LogP contribution is 2.63. The zero-order valence-corrected chi connectivity index (χ0v) is 15.5. The lowest BCUT2D eigenvalue weighted by atomic mass is 9.69. The second-order valence-corrected chi connectivity index (χ2v) is 14.0. The summed E-state index contributed by atoms with van der Waals surface area (Å²) >= 11 is 0. The first-order chi connectivity index (χ1) is 9.05. The maximum atomic E-state index is 13.2. The SMILES string of the molecule is C/C=C(\C[C@@]12C(=O)C(C)(C)C[C@@H]1CC[C@@H]2C)[Si](C)(C)C. The lowest BCUT2D eigenvalue weighted by Crippen LogP contribution is -2.41. The molecule has 0 aromatic heterocycles. The molecular formula is C18H32OSi. The molecule has 0 amide bonds. The minimum Gasteiger partial charge on any atom is -0.298 e. The van der Waals surface area contributed by atoms with Crippen molar-refractivity contribution >= 4 is 13.9 Å². The van der Waals surface area contributed by atoms with Crippen molar-refractivity contribution in [3.8, 4) is 0 Å². The maximum Gasteiger partial charge on any atom is 0.145 e. The van der Waals surface area contributed by atoms with Crippen LogP contribution in [0.2, 0.25) is 19.6 Å². The highest BCUT2D eigenvalue weighted by molar-refractivity contribution is 6.83.